The van der Waals surface area contributed by atoms with Crippen LogP contribution in [0.25, 0.3) is 0 Å². The van der Waals surface area contributed by atoms with Crippen LogP contribution in [0.1, 0.15) is 29.9 Å². The van der Waals surface area contributed by atoms with Gasteiger partial charge in [0.2, 0.25) is 5.91 Å². The Balaban J connectivity index is 3.08. The number of carboxylic acid groups (broad SMARTS) is 1. The third kappa shape index (κ3) is 3.43. The molecule has 0 aliphatic heterocycles. The lowest BCUT2D eigenvalue weighted by Gasteiger charge is -2.22. The van der Waals surface area contributed by atoms with Gasteiger partial charge in [0, 0.05) is 31.0 Å². The molecule has 19 heavy (non-hydrogen) atoms. The van der Waals surface area contributed by atoms with E-state index in [-0.39, 0.29) is 24.1 Å². The summed E-state index contributed by atoms with van der Waals surface area (Å²) in [6.07, 6.45) is 1.21. The number of hydrogen-bond acceptors (Lipinski definition) is 3. The minimum atomic E-state index is -1.29. The fourth-order valence-electron chi connectivity index (χ4n) is 1.55. The number of amides is 1. The Labute approximate surface area is 111 Å². The van der Waals surface area contributed by atoms with E-state index in [0.717, 1.165) is 0 Å². The summed E-state index contributed by atoms with van der Waals surface area (Å²) in [6.45, 7) is 5.45. The maximum atomic E-state index is 12.0. The van der Waals surface area contributed by atoms with Crippen LogP contribution in [-0.4, -0.2) is 39.5 Å². The smallest absolute Gasteiger partial charge is 0.341 e. The number of pyridine rings is 1. The van der Waals surface area contributed by atoms with Crippen LogP contribution in [0.3, 0.4) is 0 Å². The molecule has 6 heteroatoms. The largest absolute Gasteiger partial charge is 0.477 e. The van der Waals surface area contributed by atoms with E-state index in [2.05, 4.69) is 0 Å². The van der Waals surface area contributed by atoms with Crippen molar-refractivity contribution < 1.29 is 14.7 Å². The van der Waals surface area contributed by atoms with Crippen molar-refractivity contribution in [1.29, 1.82) is 0 Å². The molecule has 1 rings (SSSR count). The van der Waals surface area contributed by atoms with Crippen LogP contribution in [0.5, 0.6) is 0 Å². The molecule has 0 atom stereocenters. The van der Waals surface area contributed by atoms with E-state index in [1.807, 2.05) is 13.8 Å². The number of rotatable bonds is 4. The van der Waals surface area contributed by atoms with Gasteiger partial charge in [-0.25, -0.2) is 4.79 Å². The first kappa shape index (κ1) is 14.9. The Morgan fingerprint density at radius 3 is 2.47 bits per heavy atom. The summed E-state index contributed by atoms with van der Waals surface area (Å²) in [7, 11) is 1.68. The molecule has 1 amide bonds. The first-order valence-corrected chi connectivity index (χ1v) is 5.94. The number of likely N-dealkylation sites (N-methyl/N-ethyl adjacent to an activating group) is 1. The molecular formula is C13H18N2O4. The SMILES string of the molecule is Cc1cc(=O)c(C(=O)O)cn1CC(=O)N(C)C(C)C. The maximum absolute atomic E-state index is 12.0. The molecule has 0 bridgehead atoms. The standard InChI is InChI=1S/C13H18N2O4/c1-8(2)14(4)12(17)7-15-6-10(13(18)19)11(16)5-9(15)3/h5-6,8H,7H2,1-4H3,(H,18,19). The van der Waals surface area contributed by atoms with Crippen LogP contribution in [0.4, 0.5) is 0 Å². The summed E-state index contributed by atoms with van der Waals surface area (Å²) in [5, 5.41) is 8.90. The van der Waals surface area contributed by atoms with Gasteiger partial charge in [0.25, 0.3) is 0 Å². The minimum absolute atomic E-state index is 0.0150. The second kappa shape index (κ2) is 5.69. The van der Waals surface area contributed by atoms with E-state index in [4.69, 9.17) is 5.11 Å². The molecule has 0 aliphatic carbocycles. The molecule has 0 unspecified atom stereocenters. The highest BCUT2D eigenvalue weighted by atomic mass is 16.4. The van der Waals surface area contributed by atoms with Gasteiger partial charge < -0.3 is 14.6 Å². The molecule has 1 aromatic rings. The Kier molecular flexibility index (Phi) is 4.47. The first-order chi connectivity index (χ1) is 8.73. The fraction of sp³-hybridized carbons (Fsp3) is 0.462. The molecule has 104 valence electrons. The third-order valence-corrected chi connectivity index (χ3v) is 3.05. The Bertz CT molecular complexity index is 560. The summed E-state index contributed by atoms with van der Waals surface area (Å²) in [5.41, 5.74) is -0.322. The van der Waals surface area contributed by atoms with Crippen molar-refractivity contribution in [2.75, 3.05) is 7.05 Å². The number of carbonyl (C=O) groups excluding carboxylic acids is 1. The number of hydrogen-bond donors (Lipinski definition) is 1. The van der Waals surface area contributed by atoms with E-state index in [1.165, 1.54) is 16.8 Å². The molecule has 0 fully saturated rings. The fourth-order valence-corrected chi connectivity index (χ4v) is 1.55. The number of aryl methyl sites for hydroxylation is 1. The zero-order valence-electron chi connectivity index (χ0n) is 11.5. The van der Waals surface area contributed by atoms with Crippen molar-refractivity contribution in [3.8, 4) is 0 Å². The van der Waals surface area contributed by atoms with Crippen LogP contribution in [-0.2, 0) is 11.3 Å². The maximum Gasteiger partial charge on any atom is 0.341 e. The number of carbonyl (C=O) groups is 2. The molecule has 0 saturated carbocycles. The minimum Gasteiger partial charge on any atom is -0.477 e. The Morgan fingerprint density at radius 1 is 1.42 bits per heavy atom. The highest BCUT2D eigenvalue weighted by Gasteiger charge is 2.15. The summed E-state index contributed by atoms with van der Waals surface area (Å²) in [6, 6.07) is 1.29. The van der Waals surface area contributed by atoms with Gasteiger partial charge >= 0.3 is 5.97 Å². The molecule has 0 aliphatic rings. The molecule has 1 N–H and O–H groups in total. The third-order valence-electron chi connectivity index (χ3n) is 3.05. The Morgan fingerprint density at radius 2 is 2.00 bits per heavy atom. The molecule has 0 radical (unpaired) electrons. The van der Waals surface area contributed by atoms with E-state index in [9.17, 15) is 14.4 Å². The molecule has 1 aromatic heterocycles. The normalized spacial score (nSPS) is 10.6. The number of aromatic nitrogens is 1. The van der Waals surface area contributed by atoms with Gasteiger partial charge in [-0.05, 0) is 20.8 Å². The van der Waals surface area contributed by atoms with Crippen LogP contribution in [0.2, 0.25) is 0 Å². The second-order valence-corrected chi connectivity index (χ2v) is 4.72. The summed E-state index contributed by atoms with van der Waals surface area (Å²) >= 11 is 0. The van der Waals surface area contributed by atoms with Crippen molar-refractivity contribution in [1.82, 2.24) is 9.47 Å². The second-order valence-electron chi connectivity index (χ2n) is 4.72. The van der Waals surface area contributed by atoms with Gasteiger partial charge in [0.05, 0.1) is 0 Å². The zero-order valence-corrected chi connectivity index (χ0v) is 11.5. The molecular weight excluding hydrogens is 248 g/mol. The molecule has 6 nitrogen and oxygen atoms in total. The van der Waals surface area contributed by atoms with E-state index in [1.54, 1.807) is 18.9 Å². The summed E-state index contributed by atoms with van der Waals surface area (Å²) in [4.78, 5) is 35.9. The lowest BCUT2D eigenvalue weighted by Crippen LogP contribution is -2.36. The van der Waals surface area contributed by atoms with Crippen molar-refractivity contribution in [3.63, 3.8) is 0 Å². The number of nitrogens with zero attached hydrogens (tertiary/aromatic N) is 2. The lowest BCUT2D eigenvalue weighted by atomic mass is 10.2. The highest BCUT2D eigenvalue weighted by molar-refractivity contribution is 5.87. The molecule has 0 saturated heterocycles. The van der Waals surface area contributed by atoms with Gasteiger partial charge in [0.15, 0.2) is 5.43 Å². The van der Waals surface area contributed by atoms with E-state index >= 15 is 0 Å². The zero-order chi connectivity index (χ0) is 14.7. The average molecular weight is 266 g/mol. The molecule has 0 spiro atoms. The predicted molar refractivity (Wildman–Crippen MR) is 70.3 cm³/mol. The van der Waals surface area contributed by atoms with Gasteiger partial charge in [-0.15, -0.1) is 0 Å². The number of aromatic carboxylic acids is 1. The lowest BCUT2D eigenvalue weighted by molar-refractivity contribution is -0.132. The summed E-state index contributed by atoms with van der Waals surface area (Å²) in [5.74, 6) is -1.43. The van der Waals surface area contributed by atoms with Crippen molar-refractivity contribution in [3.05, 3.63) is 33.7 Å². The molecule has 1 heterocycles. The van der Waals surface area contributed by atoms with Crippen molar-refractivity contribution >= 4 is 11.9 Å². The Hall–Kier alpha value is -2.11. The van der Waals surface area contributed by atoms with E-state index in [0.29, 0.717) is 5.69 Å². The van der Waals surface area contributed by atoms with Crippen LogP contribution in [0, 0.1) is 6.92 Å². The van der Waals surface area contributed by atoms with Gasteiger partial charge in [-0.2, -0.15) is 0 Å². The van der Waals surface area contributed by atoms with Gasteiger partial charge in [0.1, 0.15) is 12.1 Å². The topological polar surface area (TPSA) is 79.6 Å². The average Bonchev–Trinajstić information content (AvgIpc) is 2.30. The monoisotopic (exact) mass is 266 g/mol. The van der Waals surface area contributed by atoms with Gasteiger partial charge in [-0.1, -0.05) is 0 Å². The van der Waals surface area contributed by atoms with Crippen LogP contribution >= 0.6 is 0 Å². The summed E-state index contributed by atoms with van der Waals surface area (Å²) < 4.78 is 1.48. The van der Waals surface area contributed by atoms with Crippen LogP contribution in [0.15, 0.2) is 17.1 Å². The number of carboxylic acids is 1. The molecule has 0 aromatic carbocycles. The highest BCUT2D eigenvalue weighted by Crippen LogP contribution is 2.03. The first-order valence-electron chi connectivity index (χ1n) is 5.94. The van der Waals surface area contributed by atoms with Crippen LogP contribution < -0.4 is 5.43 Å². The van der Waals surface area contributed by atoms with Crippen molar-refractivity contribution in [2.24, 2.45) is 0 Å². The van der Waals surface area contributed by atoms with Gasteiger partial charge in [-0.3, -0.25) is 9.59 Å². The van der Waals surface area contributed by atoms with E-state index < -0.39 is 11.4 Å². The van der Waals surface area contributed by atoms with Crippen molar-refractivity contribution in [2.45, 2.75) is 33.4 Å². The predicted octanol–water partition coefficient (Wildman–Crippen LogP) is 0.722. The quantitative estimate of drug-likeness (QED) is 0.871.